The lowest BCUT2D eigenvalue weighted by atomic mass is 9.85. The van der Waals surface area contributed by atoms with Crippen LogP contribution in [0.1, 0.15) is 41.3 Å². The van der Waals surface area contributed by atoms with Crippen LogP contribution < -0.4 is 0 Å². The van der Waals surface area contributed by atoms with Gasteiger partial charge in [-0.2, -0.15) is 0 Å². The Hall–Kier alpha value is -2.38. The summed E-state index contributed by atoms with van der Waals surface area (Å²) in [6, 6.07) is 31.5. The molecule has 0 N–H and O–H groups in total. The lowest BCUT2D eigenvalue weighted by Crippen LogP contribution is -2.36. The van der Waals surface area contributed by atoms with Crippen LogP contribution in [0.15, 0.2) is 84.9 Å². The molecule has 0 radical (unpaired) electrons. The quantitative estimate of drug-likeness (QED) is 0.613. The van der Waals surface area contributed by atoms with Crippen molar-refractivity contribution in [2.45, 2.75) is 32.0 Å². The molecule has 24 heavy (non-hydrogen) atoms. The van der Waals surface area contributed by atoms with Crippen LogP contribution >= 0.6 is 0 Å². The molecule has 0 saturated heterocycles. The van der Waals surface area contributed by atoms with Crippen molar-refractivity contribution in [1.29, 1.82) is 0 Å². The molecule has 0 fully saturated rings. The Labute approximate surface area is 144 Å². The molecule has 4 rings (SSSR count). The first-order chi connectivity index (χ1) is 11.8. The van der Waals surface area contributed by atoms with Crippen LogP contribution in [-0.2, 0) is 13.0 Å². The highest BCUT2D eigenvalue weighted by molar-refractivity contribution is 5.36. The predicted molar refractivity (Wildman–Crippen MR) is 99.7 cm³/mol. The van der Waals surface area contributed by atoms with E-state index in [1.54, 1.807) is 0 Å². The molecule has 0 aromatic heterocycles. The third-order valence-corrected chi connectivity index (χ3v) is 5.21. The maximum Gasteiger partial charge on any atom is 0.0398 e. The van der Waals surface area contributed by atoms with Gasteiger partial charge in [0.25, 0.3) is 0 Å². The lowest BCUT2D eigenvalue weighted by Gasteiger charge is -2.42. The normalized spacial score (nSPS) is 20.5. The first-order valence-electron chi connectivity index (χ1n) is 8.75. The van der Waals surface area contributed by atoms with Crippen LogP contribution in [0, 0.1) is 0 Å². The van der Waals surface area contributed by atoms with Crippen molar-refractivity contribution in [3.05, 3.63) is 107 Å². The SMILES string of the molecule is CC1c2ccccc2CC(c2ccccc2)N1Cc1ccccc1. The summed E-state index contributed by atoms with van der Waals surface area (Å²) in [4.78, 5) is 2.65. The van der Waals surface area contributed by atoms with Gasteiger partial charge in [-0.1, -0.05) is 84.9 Å². The maximum absolute atomic E-state index is 2.65. The van der Waals surface area contributed by atoms with Crippen LogP contribution in [0.4, 0.5) is 0 Å². The van der Waals surface area contributed by atoms with Crippen LogP contribution in [0.2, 0.25) is 0 Å². The summed E-state index contributed by atoms with van der Waals surface area (Å²) in [6.07, 6.45) is 1.08. The third kappa shape index (κ3) is 2.88. The molecule has 1 heteroatoms. The highest BCUT2D eigenvalue weighted by Crippen LogP contribution is 2.40. The van der Waals surface area contributed by atoms with Crippen LogP contribution in [0.5, 0.6) is 0 Å². The van der Waals surface area contributed by atoms with Gasteiger partial charge >= 0.3 is 0 Å². The molecular formula is C23H23N. The van der Waals surface area contributed by atoms with Gasteiger partial charge in [-0.05, 0) is 35.6 Å². The number of rotatable bonds is 3. The van der Waals surface area contributed by atoms with E-state index in [1.165, 1.54) is 22.3 Å². The Bertz CT molecular complexity index is 795. The minimum absolute atomic E-state index is 0.417. The monoisotopic (exact) mass is 313 g/mol. The molecule has 120 valence electrons. The smallest absolute Gasteiger partial charge is 0.0398 e. The Morgan fingerprint density at radius 1 is 0.792 bits per heavy atom. The van der Waals surface area contributed by atoms with E-state index < -0.39 is 0 Å². The Balaban J connectivity index is 1.74. The third-order valence-electron chi connectivity index (χ3n) is 5.21. The van der Waals surface area contributed by atoms with E-state index in [4.69, 9.17) is 0 Å². The first kappa shape index (κ1) is 15.2. The van der Waals surface area contributed by atoms with E-state index in [0.717, 1.165) is 13.0 Å². The minimum atomic E-state index is 0.417. The second-order valence-electron chi connectivity index (χ2n) is 6.66. The number of nitrogens with zero attached hydrogens (tertiary/aromatic N) is 1. The standard InChI is InChI=1S/C23H23N/c1-18-22-15-9-8-14-21(22)16-23(20-12-6-3-7-13-20)24(18)17-19-10-4-2-5-11-19/h2-15,18,23H,16-17H2,1H3. The van der Waals surface area contributed by atoms with E-state index in [2.05, 4.69) is 96.8 Å². The van der Waals surface area contributed by atoms with Crippen molar-refractivity contribution in [3.8, 4) is 0 Å². The van der Waals surface area contributed by atoms with E-state index in [-0.39, 0.29) is 0 Å². The van der Waals surface area contributed by atoms with Crippen LogP contribution in [0.3, 0.4) is 0 Å². The van der Waals surface area contributed by atoms with Gasteiger partial charge in [0.15, 0.2) is 0 Å². The van der Waals surface area contributed by atoms with E-state index in [0.29, 0.717) is 12.1 Å². The van der Waals surface area contributed by atoms with Gasteiger partial charge in [0.05, 0.1) is 0 Å². The van der Waals surface area contributed by atoms with Crippen molar-refractivity contribution >= 4 is 0 Å². The molecule has 2 atom stereocenters. The number of benzene rings is 3. The summed E-state index contributed by atoms with van der Waals surface area (Å²) >= 11 is 0. The molecule has 3 aromatic carbocycles. The highest BCUT2D eigenvalue weighted by Gasteiger charge is 2.32. The number of fused-ring (bicyclic) bond motifs is 1. The highest BCUT2D eigenvalue weighted by atomic mass is 15.2. The van der Waals surface area contributed by atoms with Crippen molar-refractivity contribution in [1.82, 2.24) is 4.90 Å². The summed E-state index contributed by atoms with van der Waals surface area (Å²) in [7, 11) is 0. The van der Waals surface area contributed by atoms with E-state index >= 15 is 0 Å². The minimum Gasteiger partial charge on any atom is -0.285 e. The fourth-order valence-corrected chi connectivity index (χ4v) is 3.93. The molecule has 1 aliphatic heterocycles. The molecule has 0 saturated carbocycles. The van der Waals surface area contributed by atoms with Gasteiger partial charge in [-0.25, -0.2) is 0 Å². The summed E-state index contributed by atoms with van der Waals surface area (Å²) in [5.41, 5.74) is 5.75. The average molecular weight is 313 g/mol. The zero-order valence-electron chi connectivity index (χ0n) is 14.1. The molecule has 0 spiro atoms. The van der Waals surface area contributed by atoms with Crippen molar-refractivity contribution in [3.63, 3.8) is 0 Å². The average Bonchev–Trinajstić information content (AvgIpc) is 2.65. The Morgan fingerprint density at radius 3 is 2.17 bits per heavy atom. The van der Waals surface area contributed by atoms with Crippen molar-refractivity contribution in [2.75, 3.05) is 0 Å². The molecule has 0 bridgehead atoms. The Kier molecular flexibility index (Phi) is 4.18. The summed E-state index contributed by atoms with van der Waals surface area (Å²) in [5.74, 6) is 0. The molecule has 1 aliphatic rings. The van der Waals surface area contributed by atoms with E-state index in [1.807, 2.05) is 0 Å². The fourth-order valence-electron chi connectivity index (χ4n) is 3.93. The van der Waals surface area contributed by atoms with E-state index in [9.17, 15) is 0 Å². The Morgan fingerprint density at radius 2 is 1.42 bits per heavy atom. The van der Waals surface area contributed by atoms with Gasteiger partial charge in [0, 0.05) is 18.6 Å². The second kappa shape index (κ2) is 6.62. The zero-order chi connectivity index (χ0) is 16.4. The summed E-state index contributed by atoms with van der Waals surface area (Å²) in [5, 5.41) is 0. The molecule has 1 heterocycles. The first-order valence-corrected chi connectivity index (χ1v) is 8.75. The van der Waals surface area contributed by atoms with Gasteiger partial charge in [-0.15, -0.1) is 0 Å². The van der Waals surface area contributed by atoms with Crippen molar-refractivity contribution < 1.29 is 0 Å². The molecule has 0 amide bonds. The lowest BCUT2D eigenvalue weighted by molar-refractivity contribution is 0.118. The summed E-state index contributed by atoms with van der Waals surface area (Å²) in [6.45, 7) is 3.33. The summed E-state index contributed by atoms with van der Waals surface area (Å²) < 4.78 is 0. The topological polar surface area (TPSA) is 3.24 Å². The zero-order valence-corrected chi connectivity index (χ0v) is 14.1. The molecule has 1 nitrogen and oxygen atoms in total. The second-order valence-corrected chi connectivity index (χ2v) is 6.66. The largest absolute Gasteiger partial charge is 0.285 e. The van der Waals surface area contributed by atoms with Crippen LogP contribution in [-0.4, -0.2) is 4.90 Å². The fraction of sp³-hybridized carbons (Fsp3) is 0.217. The molecule has 3 aromatic rings. The number of hydrogen-bond acceptors (Lipinski definition) is 1. The van der Waals surface area contributed by atoms with Gasteiger partial charge in [-0.3, -0.25) is 4.90 Å². The van der Waals surface area contributed by atoms with Gasteiger partial charge in [0.1, 0.15) is 0 Å². The maximum atomic E-state index is 2.65. The van der Waals surface area contributed by atoms with Crippen molar-refractivity contribution in [2.24, 2.45) is 0 Å². The molecular weight excluding hydrogens is 290 g/mol. The van der Waals surface area contributed by atoms with Crippen LogP contribution in [0.25, 0.3) is 0 Å². The van der Waals surface area contributed by atoms with Gasteiger partial charge in [0.2, 0.25) is 0 Å². The number of hydrogen-bond donors (Lipinski definition) is 0. The molecule has 2 unspecified atom stereocenters. The predicted octanol–water partition coefficient (Wildman–Crippen LogP) is 5.55. The molecule has 0 aliphatic carbocycles. The van der Waals surface area contributed by atoms with Gasteiger partial charge < -0.3 is 0 Å².